The van der Waals surface area contributed by atoms with Crippen molar-refractivity contribution >= 4 is 0 Å². The van der Waals surface area contributed by atoms with Gasteiger partial charge in [0, 0.05) is 7.05 Å². The highest BCUT2D eigenvalue weighted by molar-refractivity contribution is 4.28. The monoisotopic (exact) mass is 137 g/mol. The number of quaternary nitrogens is 1. The van der Waals surface area contributed by atoms with E-state index in [1.807, 2.05) is 0 Å². The Bertz CT molecular complexity index is 71.3. The highest BCUT2D eigenvalue weighted by atomic mass is 16.7. The molecule has 0 aromatic carbocycles. The van der Waals surface area contributed by atoms with Crippen molar-refractivity contribution in [1.29, 1.82) is 0 Å². The maximum absolute atomic E-state index is 10.4. The number of nitrogens with one attached hydrogen (secondary N) is 2. The van der Waals surface area contributed by atoms with Gasteiger partial charge in [0.25, 0.3) is 0 Å². The maximum Gasteiger partial charge on any atom is 0.0727 e. The third kappa shape index (κ3) is 3.36. The summed E-state index contributed by atoms with van der Waals surface area (Å²) < 4.78 is 0. The first-order valence-corrected chi connectivity index (χ1v) is 2.48. The van der Waals surface area contributed by atoms with Crippen molar-refractivity contribution in [2.75, 3.05) is 20.2 Å². The van der Waals surface area contributed by atoms with Crippen LogP contribution in [0.4, 0.5) is 0 Å². The van der Waals surface area contributed by atoms with Gasteiger partial charge in [-0.3, -0.25) is 5.21 Å². The van der Waals surface area contributed by atoms with Gasteiger partial charge in [0.05, 0.1) is 13.2 Å². The molecule has 6 heteroatoms. The van der Waals surface area contributed by atoms with Gasteiger partial charge in [-0.15, -0.1) is 5.01 Å². The summed E-state index contributed by atoms with van der Waals surface area (Å²) in [6, 6.07) is 0. The lowest BCUT2D eigenvalue weighted by Crippen LogP contribution is -3.19. The fourth-order valence-electron chi connectivity index (χ4n) is 0.337. The Morgan fingerprint density at radius 2 is 2.33 bits per heavy atom. The summed E-state index contributed by atoms with van der Waals surface area (Å²) in [5.74, 6) is 0. The van der Waals surface area contributed by atoms with Crippen LogP contribution in [0.25, 0.3) is 0 Å². The molecule has 0 bridgehead atoms. The Morgan fingerprint density at radius 3 is 2.67 bits per heavy atom. The molecular weight excluding hydrogens is 126 g/mol. The highest BCUT2D eigenvalue weighted by Gasteiger charge is 2.01. The zero-order valence-electron chi connectivity index (χ0n) is 5.16. The van der Waals surface area contributed by atoms with Gasteiger partial charge < -0.3 is 10.3 Å². The number of hydrogen-bond acceptors (Lipinski definition) is 5. The number of nitrogens with zero attached hydrogens (tertiary/aromatic N) is 1. The lowest BCUT2D eigenvalue weighted by Gasteiger charge is -2.26. The highest BCUT2D eigenvalue weighted by Crippen LogP contribution is 1.62. The molecule has 0 amide bonds. The first-order chi connectivity index (χ1) is 4.22. The van der Waals surface area contributed by atoms with E-state index in [9.17, 15) is 5.21 Å². The number of aliphatic hydroxyl groups is 1. The summed E-state index contributed by atoms with van der Waals surface area (Å²) in [5, 5.41) is 27.2. The molecule has 0 aliphatic heterocycles. The average Bonchev–Trinajstić information content (AvgIpc) is 1.87. The van der Waals surface area contributed by atoms with Crippen LogP contribution in [0.1, 0.15) is 0 Å². The molecule has 4 N–H and O–H groups in total. The molecule has 0 aromatic rings. The Hall–Kier alpha value is -0.240. The zero-order chi connectivity index (χ0) is 7.28. The van der Waals surface area contributed by atoms with Crippen LogP contribution in [0.15, 0.2) is 0 Å². The summed E-state index contributed by atoms with van der Waals surface area (Å²) in [7, 11) is 1.46. The molecule has 6 nitrogen and oxygen atoms in total. The molecule has 0 spiro atoms. The van der Waals surface area contributed by atoms with Crippen molar-refractivity contribution in [1.82, 2.24) is 10.6 Å². The van der Waals surface area contributed by atoms with Crippen molar-refractivity contribution in [3.63, 3.8) is 0 Å². The number of aliphatic hydroxyl groups excluding tert-OH is 1. The predicted octanol–water partition coefficient (Wildman–Crippen LogP) is -2.90. The first kappa shape index (κ1) is 8.76. The second-order valence-corrected chi connectivity index (χ2v) is 1.56. The molecule has 0 saturated carbocycles. The molecule has 0 aliphatic carbocycles. The van der Waals surface area contributed by atoms with E-state index >= 15 is 0 Å². The van der Waals surface area contributed by atoms with E-state index in [0.717, 1.165) is 5.01 Å². The van der Waals surface area contributed by atoms with E-state index in [1.54, 1.807) is 0 Å². The molecule has 0 fully saturated rings. The van der Waals surface area contributed by atoms with Crippen LogP contribution in [-0.2, 0) is 0 Å². The standard InChI is InChI=1S/C3H11N3O3/c1-5(2-3-7)6(9)4-8/h4,6-8H,2-3H2,1H3. The molecule has 56 valence electrons. The topological polar surface area (TPSA) is 83.2 Å². The average molecular weight is 137 g/mol. The summed E-state index contributed by atoms with van der Waals surface area (Å²) in [6.07, 6.45) is 0. The number of rotatable bonds is 4. The van der Waals surface area contributed by atoms with Gasteiger partial charge in [-0.05, 0) is 5.59 Å². The fourth-order valence-corrected chi connectivity index (χ4v) is 0.337. The van der Waals surface area contributed by atoms with E-state index < -0.39 is 5.28 Å². The fraction of sp³-hybridized carbons (Fsp3) is 1.00. The normalized spacial score (nSPS) is 14.3. The number of likely N-dealkylation sites (N-methyl/N-ethyl adjacent to an activating group) is 1. The third-order valence-corrected chi connectivity index (χ3v) is 0.878. The van der Waals surface area contributed by atoms with Gasteiger partial charge in [-0.1, -0.05) is 0 Å². The Balaban J connectivity index is 3.32. The molecule has 1 unspecified atom stereocenters. The largest absolute Gasteiger partial charge is 0.591 e. The van der Waals surface area contributed by atoms with Gasteiger partial charge in [-0.2, -0.15) is 5.28 Å². The molecule has 0 aliphatic rings. The van der Waals surface area contributed by atoms with Gasteiger partial charge in [0.15, 0.2) is 0 Å². The Kier molecular flexibility index (Phi) is 4.50. The molecule has 0 aromatic heterocycles. The van der Waals surface area contributed by atoms with E-state index in [-0.39, 0.29) is 13.2 Å². The first-order valence-electron chi connectivity index (χ1n) is 2.48. The SMILES string of the molecule is CN(CCO)[NH+]([O-])NO. The Morgan fingerprint density at radius 1 is 1.78 bits per heavy atom. The summed E-state index contributed by atoms with van der Waals surface area (Å²) >= 11 is 0. The Labute approximate surface area is 52.8 Å². The van der Waals surface area contributed by atoms with Crippen LogP contribution < -0.4 is 10.9 Å². The maximum atomic E-state index is 10.4. The van der Waals surface area contributed by atoms with E-state index in [1.165, 1.54) is 12.6 Å². The van der Waals surface area contributed by atoms with Gasteiger partial charge in [0.2, 0.25) is 0 Å². The minimum Gasteiger partial charge on any atom is -0.591 e. The van der Waals surface area contributed by atoms with Crippen molar-refractivity contribution < 1.29 is 15.6 Å². The minimum atomic E-state index is -0.621. The summed E-state index contributed by atoms with van der Waals surface area (Å²) in [5.41, 5.74) is 1.43. The van der Waals surface area contributed by atoms with Crippen LogP contribution in [0.5, 0.6) is 0 Å². The minimum absolute atomic E-state index is 0.107. The molecule has 0 heterocycles. The molecule has 0 radical (unpaired) electrons. The van der Waals surface area contributed by atoms with Gasteiger partial charge in [0.1, 0.15) is 0 Å². The van der Waals surface area contributed by atoms with Crippen LogP contribution in [0.3, 0.4) is 0 Å². The molecule has 0 saturated heterocycles. The molecular formula is C3H11N3O3. The van der Waals surface area contributed by atoms with E-state index in [2.05, 4.69) is 0 Å². The number of hydrogen-bond donors (Lipinski definition) is 4. The lowest BCUT2D eigenvalue weighted by molar-refractivity contribution is -1.03. The molecule has 1 atom stereocenters. The second-order valence-electron chi connectivity index (χ2n) is 1.56. The van der Waals surface area contributed by atoms with Crippen molar-refractivity contribution in [2.45, 2.75) is 0 Å². The summed E-state index contributed by atoms with van der Waals surface area (Å²) in [4.78, 5) is 0. The zero-order valence-corrected chi connectivity index (χ0v) is 5.16. The smallest absolute Gasteiger partial charge is 0.0727 e. The second kappa shape index (κ2) is 4.62. The van der Waals surface area contributed by atoms with Crippen LogP contribution in [0.2, 0.25) is 0 Å². The van der Waals surface area contributed by atoms with Gasteiger partial charge >= 0.3 is 0 Å². The lowest BCUT2D eigenvalue weighted by atomic mass is 10.7. The van der Waals surface area contributed by atoms with Crippen LogP contribution in [-0.4, -0.2) is 35.5 Å². The molecule has 9 heavy (non-hydrogen) atoms. The van der Waals surface area contributed by atoms with E-state index in [4.69, 9.17) is 10.3 Å². The summed E-state index contributed by atoms with van der Waals surface area (Å²) in [6.45, 7) is 0.107. The van der Waals surface area contributed by atoms with Crippen LogP contribution >= 0.6 is 0 Å². The van der Waals surface area contributed by atoms with Crippen molar-refractivity contribution in [3.8, 4) is 0 Å². The molecule has 0 rings (SSSR count). The van der Waals surface area contributed by atoms with Crippen LogP contribution in [0, 0.1) is 5.21 Å². The van der Waals surface area contributed by atoms with Crippen molar-refractivity contribution in [3.05, 3.63) is 5.21 Å². The van der Waals surface area contributed by atoms with E-state index in [0.29, 0.717) is 0 Å². The van der Waals surface area contributed by atoms with Gasteiger partial charge in [-0.25, -0.2) is 0 Å². The predicted molar refractivity (Wildman–Crippen MR) is 29.0 cm³/mol. The quantitative estimate of drug-likeness (QED) is 0.312. The third-order valence-electron chi connectivity index (χ3n) is 0.878. The van der Waals surface area contributed by atoms with Crippen molar-refractivity contribution in [2.24, 2.45) is 0 Å².